The van der Waals surface area contributed by atoms with E-state index >= 15 is 0 Å². The molecule has 1 aromatic carbocycles. The van der Waals surface area contributed by atoms with E-state index in [4.69, 9.17) is 0 Å². The predicted octanol–water partition coefficient (Wildman–Crippen LogP) is 2.48. The topological polar surface area (TPSA) is 20.3 Å². The smallest absolute Gasteiger partial charge is 0.222 e. The van der Waals surface area contributed by atoms with Gasteiger partial charge in [0.25, 0.3) is 0 Å². The molecule has 0 spiro atoms. The van der Waals surface area contributed by atoms with Crippen LogP contribution in [0.25, 0.3) is 0 Å². The average Bonchev–Trinajstić information content (AvgIpc) is 2.33. The first-order valence-corrected chi connectivity index (χ1v) is 6.21. The molecule has 1 aromatic rings. The van der Waals surface area contributed by atoms with Gasteiger partial charge in [0.2, 0.25) is 5.91 Å². The van der Waals surface area contributed by atoms with E-state index in [1.807, 2.05) is 18.0 Å². The van der Waals surface area contributed by atoms with Crippen LogP contribution in [0.4, 0.5) is 4.39 Å². The number of carbonyl (C=O) groups excluding carboxylic acids is 1. The molecule has 1 fully saturated rings. The van der Waals surface area contributed by atoms with Crippen LogP contribution >= 0.6 is 0 Å². The van der Waals surface area contributed by atoms with Crippen LogP contribution in [0.15, 0.2) is 18.2 Å². The van der Waals surface area contributed by atoms with Crippen molar-refractivity contribution in [3.8, 4) is 0 Å². The Morgan fingerprint density at radius 2 is 2.12 bits per heavy atom. The van der Waals surface area contributed by atoms with E-state index in [1.165, 1.54) is 11.6 Å². The van der Waals surface area contributed by atoms with Crippen LogP contribution in [0, 0.1) is 5.82 Å². The Kier molecular flexibility index (Phi) is 2.42. The van der Waals surface area contributed by atoms with Crippen molar-refractivity contribution < 1.29 is 9.18 Å². The first-order valence-electron chi connectivity index (χ1n) is 6.21. The molecule has 3 heteroatoms. The van der Waals surface area contributed by atoms with Crippen LogP contribution in [-0.4, -0.2) is 23.9 Å². The summed E-state index contributed by atoms with van der Waals surface area (Å²) < 4.78 is 13.2. The third-order valence-electron chi connectivity index (χ3n) is 4.24. The van der Waals surface area contributed by atoms with Crippen molar-refractivity contribution in [3.63, 3.8) is 0 Å². The summed E-state index contributed by atoms with van der Waals surface area (Å²) in [5, 5.41) is 0. The molecule has 17 heavy (non-hydrogen) atoms. The molecule has 1 aliphatic carbocycles. The van der Waals surface area contributed by atoms with Gasteiger partial charge >= 0.3 is 0 Å². The first kappa shape index (κ1) is 10.8. The summed E-state index contributed by atoms with van der Waals surface area (Å²) >= 11 is 0. The van der Waals surface area contributed by atoms with Gasteiger partial charge < -0.3 is 4.90 Å². The number of hydrogen-bond acceptors (Lipinski definition) is 1. The number of aryl methyl sites for hydroxylation is 1. The largest absolute Gasteiger partial charge is 0.342 e. The molecular formula is C14H16FNO. The lowest BCUT2D eigenvalue weighted by atomic mass is 9.74. The highest BCUT2D eigenvalue weighted by Gasteiger charge is 2.37. The lowest BCUT2D eigenvalue weighted by Crippen LogP contribution is -2.47. The zero-order chi connectivity index (χ0) is 12.0. The van der Waals surface area contributed by atoms with Crippen LogP contribution < -0.4 is 0 Å². The van der Waals surface area contributed by atoms with E-state index in [-0.39, 0.29) is 11.7 Å². The Balaban J connectivity index is 1.99. The SMILES string of the molecule is CN1C(=O)CC[C@H]2c3ccc(F)cc3CC[C@H]21. The third-order valence-corrected chi connectivity index (χ3v) is 4.24. The monoisotopic (exact) mass is 233 g/mol. The lowest BCUT2D eigenvalue weighted by Gasteiger charge is -2.43. The van der Waals surface area contributed by atoms with E-state index in [0.29, 0.717) is 18.4 Å². The molecule has 3 rings (SSSR count). The number of fused-ring (bicyclic) bond motifs is 3. The summed E-state index contributed by atoms with van der Waals surface area (Å²) in [6.07, 6.45) is 3.37. The van der Waals surface area contributed by atoms with Crippen LogP contribution in [0.3, 0.4) is 0 Å². The fourth-order valence-electron chi connectivity index (χ4n) is 3.32. The van der Waals surface area contributed by atoms with Gasteiger partial charge in [-0.1, -0.05) is 6.07 Å². The van der Waals surface area contributed by atoms with Gasteiger partial charge in [0, 0.05) is 25.4 Å². The van der Waals surface area contributed by atoms with E-state index in [0.717, 1.165) is 24.8 Å². The number of rotatable bonds is 0. The summed E-state index contributed by atoms with van der Waals surface area (Å²) in [7, 11) is 1.90. The quantitative estimate of drug-likeness (QED) is 0.674. The van der Waals surface area contributed by atoms with Crippen LogP contribution in [0.1, 0.15) is 36.3 Å². The first-order chi connectivity index (χ1) is 8.16. The number of likely N-dealkylation sites (tertiary alicyclic amines) is 1. The number of nitrogens with zero attached hydrogens (tertiary/aromatic N) is 1. The Hall–Kier alpha value is -1.38. The highest BCUT2D eigenvalue weighted by atomic mass is 19.1. The van der Waals surface area contributed by atoms with Gasteiger partial charge in [-0.15, -0.1) is 0 Å². The number of hydrogen-bond donors (Lipinski definition) is 0. The Morgan fingerprint density at radius 3 is 2.94 bits per heavy atom. The number of likely N-dealkylation sites (N-methyl/N-ethyl adjacent to an activating group) is 1. The Labute approximate surface area is 100 Å². The van der Waals surface area contributed by atoms with Crippen LogP contribution in [0.5, 0.6) is 0 Å². The summed E-state index contributed by atoms with van der Waals surface area (Å²) in [6, 6.07) is 5.42. The molecule has 90 valence electrons. The minimum Gasteiger partial charge on any atom is -0.342 e. The molecule has 1 heterocycles. The molecule has 2 atom stereocenters. The molecule has 0 unspecified atom stereocenters. The van der Waals surface area contributed by atoms with Gasteiger partial charge in [-0.05, 0) is 42.5 Å². The summed E-state index contributed by atoms with van der Waals surface area (Å²) in [5.41, 5.74) is 2.39. The number of piperidine rings is 1. The van der Waals surface area contributed by atoms with Crippen molar-refractivity contribution in [2.24, 2.45) is 0 Å². The maximum atomic E-state index is 13.2. The predicted molar refractivity (Wildman–Crippen MR) is 63.3 cm³/mol. The second-order valence-electron chi connectivity index (χ2n) is 5.10. The van der Waals surface area contributed by atoms with E-state index in [2.05, 4.69) is 0 Å². The zero-order valence-electron chi connectivity index (χ0n) is 9.95. The van der Waals surface area contributed by atoms with Crippen molar-refractivity contribution in [2.75, 3.05) is 7.05 Å². The van der Waals surface area contributed by atoms with Crippen molar-refractivity contribution in [1.82, 2.24) is 4.90 Å². The normalized spacial score (nSPS) is 27.6. The molecule has 1 saturated heterocycles. The van der Waals surface area contributed by atoms with Crippen molar-refractivity contribution in [3.05, 3.63) is 35.1 Å². The van der Waals surface area contributed by atoms with Gasteiger partial charge in [0.1, 0.15) is 5.82 Å². The fraction of sp³-hybridized carbons (Fsp3) is 0.500. The van der Waals surface area contributed by atoms with E-state index in [1.54, 1.807) is 6.07 Å². The van der Waals surface area contributed by atoms with Gasteiger partial charge in [-0.2, -0.15) is 0 Å². The number of amides is 1. The molecule has 0 radical (unpaired) electrons. The molecule has 2 aliphatic rings. The number of halogens is 1. The average molecular weight is 233 g/mol. The second kappa shape index (κ2) is 3.83. The van der Waals surface area contributed by atoms with Crippen molar-refractivity contribution in [2.45, 2.75) is 37.6 Å². The third kappa shape index (κ3) is 1.65. The number of carbonyl (C=O) groups is 1. The van der Waals surface area contributed by atoms with Gasteiger partial charge in [0.15, 0.2) is 0 Å². The van der Waals surface area contributed by atoms with Crippen molar-refractivity contribution in [1.29, 1.82) is 0 Å². The molecule has 0 N–H and O–H groups in total. The molecule has 0 saturated carbocycles. The summed E-state index contributed by atoms with van der Waals surface area (Å²) in [6.45, 7) is 0. The van der Waals surface area contributed by atoms with Crippen LogP contribution in [-0.2, 0) is 11.2 Å². The van der Waals surface area contributed by atoms with E-state index < -0.39 is 0 Å². The number of benzene rings is 1. The van der Waals surface area contributed by atoms with E-state index in [9.17, 15) is 9.18 Å². The van der Waals surface area contributed by atoms with Gasteiger partial charge in [-0.25, -0.2) is 4.39 Å². The standard InChI is InChI=1S/C14H16FNO/c1-16-13-6-2-9-8-10(15)3-4-11(9)12(13)5-7-14(16)17/h3-4,8,12-13H,2,5-7H2,1H3/t12-,13+/m0/s1. The fourth-order valence-corrected chi connectivity index (χ4v) is 3.32. The minimum absolute atomic E-state index is 0.151. The molecule has 0 bridgehead atoms. The molecule has 0 aromatic heterocycles. The van der Waals surface area contributed by atoms with Crippen molar-refractivity contribution >= 4 is 5.91 Å². The second-order valence-corrected chi connectivity index (χ2v) is 5.10. The van der Waals surface area contributed by atoms with Crippen LogP contribution in [0.2, 0.25) is 0 Å². The molecule has 1 aliphatic heterocycles. The van der Waals surface area contributed by atoms with Gasteiger partial charge in [-0.3, -0.25) is 4.79 Å². The zero-order valence-corrected chi connectivity index (χ0v) is 9.95. The maximum absolute atomic E-state index is 13.2. The highest BCUT2D eigenvalue weighted by Crippen LogP contribution is 2.40. The highest BCUT2D eigenvalue weighted by molar-refractivity contribution is 5.77. The maximum Gasteiger partial charge on any atom is 0.222 e. The molecule has 1 amide bonds. The summed E-state index contributed by atoms with van der Waals surface area (Å²) in [4.78, 5) is 13.6. The van der Waals surface area contributed by atoms with Gasteiger partial charge in [0.05, 0.1) is 0 Å². The Morgan fingerprint density at radius 1 is 1.29 bits per heavy atom. The minimum atomic E-state index is -0.151. The molecular weight excluding hydrogens is 217 g/mol. The summed E-state index contributed by atoms with van der Waals surface area (Å²) in [5.74, 6) is 0.501. The molecule has 2 nitrogen and oxygen atoms in total. The Bertz CT molecular complexity index is 471. The lowest BCUT2D eigenvalue weighted by molar-refractivity contribution is -0.135.